The minimum Gasteiger partial charge on any atom is -0.370 e. The number of epoxide rings is 1. The Morgan fingerprint density at radius 2 is 1.60 bits per heavy atom. The van der Waals surface area contributed by atoms with Gasteiger partial charge in [0, 0.05) is 0 Å². The lowest BCUT2D eigenvalue weighted by Gasteiger charge is -1.98. The van der Waals surface area contributed by atoms with Crippen LogP contribution in [0.25, 0.3) is 0 Å². The summed E-state index contributed by atoms with van der Waals surface area (Å²) in [4.78, 5) is 0. The number of alkyl halides is 2. The van der Waals surface area contributed by atoms with E-state index in [-0.39, 0.29) is 0 Å². The van der Waals surface area contributed by atoms with Crippen LogP contribution in [0.1, 0.15) is 12.8 Å². The van der Waals surface area contributed by atoms with Crippen LogP contribution in [-0.2, 0) is 4.74 Å². The Morgan fingerprint density at radius 1 is 1.10 bits per heavy atom. The van der Waals surface area contributed by atoms with Gasteiger partial charge in [-0.3, -0.25) is 0 Å². The highest BCUT2D eigenvalue weighted by atomic mass is 79.9. The van der Waals surface area contributed by atoms with Gasteiger partial charge < -0.3 is 4.74 Å². The van der Waals surface area contributed by atoms with Crippen molar-refractivity contribution < 1.29 is 4.74 Å². The monoisotopic (exact) mass is 266 g/mol. The van der Waals surface area contributed by atoms with Gasteiger partial charge in [0.15, 0.2) is 0 Å². The van der Waals surface area contributed by atoms with Gasteiger partial charge in [-0.1, -0.05) is 31.9 Å². The van der Waals surface area contributed by atoms with Crippen molar-refractivity contribution >= 4 is 31.9 Å². The summed E-state index contributed by atoms with van der Waals surface area (Å²) in [7, 11) is 0. The van der Waals surface area contributed by atoms with Gasteiger partial charge in [0.1, 0.15) is 0 Å². The third-order valence-electron chi connectivity index (χ3n) is 3.03. The van der Waals surface area contributed by atoms with E-state index in [1.165, 1.54) is 12.8 Å². The van der Waals surface area contributed by atoms with E-state index in [4.69, 9.17) is 4.74 Å². The first-order valence-corrected chi connectivity index (χ1v) is 5.31. The van der Waals surface area contributed by atoms with E-state index in [0.717, 1.165) is 11.8 Å². The number of rotatable bonds is 0. The number of ether oxygens (including phenoxy) is 1. The Kier molecular flexibility index (Phi) is 1.06. The summed E-state index contributed by atoms with van der Waals surface area (Å²) in [5.41, 5.74) is 0. The molecule has 0 amide bonds. The van der Waals surface area contributed by atoms with Crippen LogP contribution in [0.3, 0.4) is 0 Å². The molecule has 0 N–H and O–H groups in total. The molecule has 0 bridgehead atoms. The summed E-state index contributed by atoms with van der Waals surface area (Å²) in [6, 6.07) is 0. The predicted molar refractivity (Wildman–Crippen MR) is 45.5 cm³/mol. The predicted octanol–water partition coefficient (Wildman–Crippen LogP) is 2.28. The van der Waals surface area contributed by atoms with E-state index in [2.05, 4.69) is 31.9 Å². The van der Waals surface area contributed by atoms with E-state index in [1.807, 2.05) is 0 Å². The zero-order valence-corrected chi connectivity index (χ0v) is 8.56. The summed E-state index contributed by atoms with van der Waals surface area (Å²) in [6.45, 7) is 0. The van der Waals surface area contributed by atoms with E-state index < -0.39 is 0 Å². The Balaban J connectivity index is 1.83. The molecule has 1 nitrogen and oxygen atoms in total. The third-order valence-corrected chi connectivity index (χ3v) is 5.38. The molecule has 2 saturated carbocycles. The second kappa shape index (κ2) is 1.64. The normalized spacial score (nSPS) is 60.6. The van der Waals surface area contributed by atoms with Gasteiger partial charge in [0.25, 0.3) is 0 Å². The number of hydrogen-bond donors (Lipinski definition) is 0. The van der Waals surface area contributed by atoms with Crippen molar-refractivity contribution in [2.75, 3.05) is 0 Å². The van der Waals surface area contributed by atoms with Crippen LogP contribution < -0.4 is 0 Å². The fraction of sp³-hybridized carbons (Fsp3) is 1.00. The number of halogens is 2. The van der Waals surface area contributed by atoms with Crippen LogP contribution in [0.15, 0.2) is 0 Å². The molecule has 1 aliphatic heterocycles. The van der Waals surface area contributed by atoms with Crippen LogP contribution in [0.2, 0.25) is 0 Å². The SMILES string of the molecule is BrC1(Br)[C@@H]2C[C@H]3O[C@@H]3C[C@@H]21. The van der Waals surface area contributed by atoms with Gasteiger partial charge >= 0.3 is 0 Å². The molecule has 3 fully saturated rings. The van der Waals surface area contributed by atoms with Crippen LogP contribution in [0.5, 0.6) is 0 Å². The van der Waals surface area contributed by atoms with E-state index in [1.54, 1.807) is 0 Å². The van der Waals surface area contributed by atoms with Crippen LogP contribution in [0, 0.1) is 11.8 Å². The molecule has 10 heavy (non-hydrogen) atoms. The summed E-state index contributed by atoms with van der Waals surface area (Å²) >= 11 is 7.38. The lowest BCUT2D eigenvalue weighted by molar-refractivity contribution is 0.363. The van der Waals surface area contributed by atoms with Crippen molar-refractivity contribution in [2.45, 2.75) is 28.3 Å². The minimum atomic E-state index is 0.302. The molecule has 3 rings (SSSR count). The maximum atomic E-state index is 5.43. The Morgan fingerprint density at radius 3 is 2.10 bits per heavy atom. The highest BCUT2D eigenvalue weighted by Gasteiger charge is 2.68. The highest BCUT2D eigenvalue weighted by Crippen LogP contribution is 2.70. The maximum absolute atomic E-state index is 5.43. The fourth-order valence-electron chi connectivity index (χ4n) is 2.20. The lowest BCUT2D eigenvalue weighted by atomic mass is 10.0. The first kappa shape index (κ1) is 6.44. The van der Waals surface area contributed by atoms with Gasteiger partial charge in [-0.2, -0.15) is 0 Å². The van der Waals surface area contributed by atoms with Gasteiger partial charge in [-0.15, -0.1) is 0 Å². The highest BCUT2D eigenvalue weighted by molar-refractivity contribution is 9.25. The molecular formula is C7H8Br2O. The molecule has 0 aromatic carbocycles. The number of hydrogen-bond acceptors (Lipinski definition) is 1. The molecule has 3 heteroatoms. The van der Waals surface area contributed by atoms with Gasteiger partial charge in [0.2, 0.25) is 0 Å². The van der Waals surface area contributed by atoms with E-state index in [0.29, 0.717) is 15.4 Å². The summed E-state index contributed by atoms with van der Waals surface area (Å²) < 4.78 is 5.73. The molecule has 3 aliphatic rings. The Bertz CT molecular complexity index is 174. The molecule has 1 heterocycles. The molecule has 0 aromatic rings. The summed E-state index contributed by atoms with van der Waals surface area (Å²) in [5, 5.41) is 0. The summed E-state index contributed by atoms with van der Waals surface area (Å²) in [5.74, 6) is 1.69. The first-order valence-electron chi connectivity index (χ1n) is 3.73. The first-order chi connectivity index (χ1) is 4.69. The molecular weight excluding hydrogens is 260 g/mol. The largest absolute Gasteiger partial charge is 0.370 e. The van der Waals surface area contributed by atoms with Crippen molar-refractivity contribution in [1.82, 2.24) is 0 Å². The van der Waals surface area contributed by atoms with Gasteiger partial charge in [-0.25, -0.2) is 0 Å². The standard InChI is InChI=1S/C7H8Br2O/c8-7(9)3-1-5-6(10-5)2-4(3)7/h3-6H,1-2H2/t3-,4+,5-,6-/m1/s1. The van der Waals surface area contributed by atoms with Crippen molar-refractivity contribution in [3.63, 3.8) is 0 Å². The lowest BCUT2D eigenvalue weighted by Crippen LogP contribution is -2.03. The summed E-state index contributed by atoms with van der Waals surface area (Å²) in [6.07, 6.45) is 3.79. The van der Waals surface area contributed by atoms with Crippen molar-refractivity contribution in [2.24, 2.45) is 11.8 Å². The Labute approximate surface area is 76.8 Å². The molecule has 56 valence electrons. The maximum Gasteiger partial charge on any atom is 0.0870 e. The average molecular weight is 268 g/mol. The van der Waals surface area contributed by atoms with Crippen LogP contribution >= 0.6 is 31.9 Å². The molecule has 0 radical (unpaired) electrons. The van der Waals surface area contributed by atoms with Crippen molar-refractivity contribution in [1.29, 1.82) is 0 Å². The van der Waals surface area contributed by atoms with Gasteiger partial charge in [-0.05, 0) is 24.7 Å². The second-order valence-electron chi connectivity index (χ2n) is 3.57. The minimum absolute atomic E-state index is 0.302. The van der Waals surface area contributed by atoms with Crippen molar-refractivity contribution in [3.8, 4) is 0 Å². The van der Waals surface area contributed by atoms with E-state index in [9.17, 15) is 0 Å². The number of fused-ring (bicyclic) bond motifs is 2. The molecule has 2 aliphatic carbocycles. The van der Waals surface area contributed by atoms with Gasteiger partial charge in [0.05, 0.1) is 15.4 Å². The topological polar surface area (TPSA) is 12.5 Å². The molecule has 0 aromatic heterocycles. The zero-order chi connectivity index (χ0) is 6.93. The average Bonchev–Trinajstić information content (AvgIpc) is 2.70. The molecule has 4 atom stereocenters. The molecule has 0 spiro atoms. The zero-order valence-electron chi connectivity index (χ0n) is 5.39. The molecule has 1 saturated heterocycles. The van der Waals surface area contributed by atoms with Crippen LogP contribution in [0.4, 0.5) is 0 Å². The van der Waals surface area contributed by atoms with Crippen LogP contribution in [-0.4, -0.2) is 15.4 Å². The third kappa shape index (κ3) is 0.669. The second-order valence-corrected chi connectivity index (χ2v) is 7.26. The molecule has 0 unspecified atom stereocenters. The quantitative estimate of drug-likeness (QED) is 0.485. The van der Waals surface area contributed by atoms with Crippen molar-refractivity contribution in [3.05, 3.63) is 0 Å². The Hall–Kier alpha value is 0.920. The fourth-order valence-corrected chi connectivity index (χ4v) is 3.96. The van der Waals surface area contributed by atoms with E-state index >= 15 is 0 Å². The smallest absolute Gasteiger partial charge is 0.0870 e.